The predicted molar refractivity (Wildman–Crippen MR) is 229 cm³/mol. The quantitative estimate of drug-likeness (QED) is 0.0547. The number of hydrogen-bond acceptors (Lipinski definition) is 10. The highest BCUT2D eigenvalue weighted by atomic mass is 16.7. The number of likely N-dealkylation sites (N-methyl/N-ethyl adjacent to an activating group) is 1. The highest BCUT2D eigenvalue weighted by molar-refractivity contribution is 6.03. The van der Waals surface area contributed by atoms with Crippen LogP contribution in [0.2, 0.25) is 0 Å². The van der Waals surface area contributed by atoms with Crippen LogP contribution < -0.4 is 14.8 Å². The van der Waals surface area contributed by atoms with Crippen LogP contribution in [0.25, 0.3) is 0 Å². The van der Waals surface area contributed by atoms with Gasteiger partial charge in [0.25, 0.3) is 0 Å². The Balaban J connectivity index is 1.49. The second kappa shape index (κ2) is 21.7. The molecule has 12 heteroatoms. The number of nitrogens with zero attached hydrogens (tertiary/aromatic N) is 2. The number of aliphatic hydroxyl groups excluding tert-OH is 2. The standard InChI is InChI=1S/C48H59N3O9/c1-4-6-28-56-47(55)51(3)43-31-41(50-58-33-35-19-11-8-12-20-35)39-29-36(21-13-15-25-52)38(22-14-16-26-53)44-40-30-37(59-46(54)49-32-34-17-9-7-10-18-34)23-24-42(40)60-48(43,45(39)44)57-27-5-2/h4-5,7-12,17-20,23-24,29-30,36,38,43-45,52-53H,1-2,6,13-16,21-22,25-28,31-33H2,3H3,(H,49,54)/t36-,38+,43-,44+,45+,48+/m0/s1. The van der Waals surface area contributed by atoms with Crippen molar-refractivity contribution in [1.29, 1.82) is 0 Å². The number of rotatable bonds is 21. The predicted octanol–water partition coefficient (Wildman–Crippen LogP) is 8.45. The molecule has 320 valence electrons. The van der Waals surface area contributed by atoms with Crippen molar-refractivity contribution in [3.05, 3.63) is 133 Å². The van der Waals surface area contributed by atoms with Crippen molar-refractivity contribution in [2.24, 2.45) is 22.9 Å². The van der Waals surface area contributed by atoms with E-state index in [4.69, 9.17) is 28.9 Å². The molecule has 3 aromatic carbocycles. The smallest absolute Gasteiger partial charge is 0.412 e. The second-order valence-corrected chi connectivity index (χ2v) is 15.6. The number of aliphatic hydroxyl groups is 2. The fourth-order valence-corrected chi connectivity index (χ4v) is 8.92. The summed E-state index contributed by atoms with van der Waals surface area (Å²) in [6.45, 7) is 8.72. The molecule has 3 aliphatic rings. The van der Waals surface area contributed by atoms with Gasteiger partial charge in [0.2, 0.25) is 5.79 Å². The lowest BCUT2D eigenvalue weighted by molar-refractivity contribution is -0.253. The third kappa shape index (κ3) is 10.5. The van der Waals surface area contributed by atoms with E-state index in [1.165, 1.54) is 0 Å². The van der Waals surface area contributed by atoms with Gasteiger partial charge in [0.15, 0.2) is 0 Å². The van der Waals surface area contributed by atoms with Gasteiger partial charge in [0, 0.05) is 44.7 Å². The van der Waals surface area contributed by atoms with E-state index in [9.17, 15) is 19.8 Å². The minimum absolute atomic E-state index is 0.00408. The summed E-state index contributed by atoms with van der Waals surface area (Å²) in [4.78, 5) is 34.7. The first-order valence-electron chi connectivity index (χ1n) is 21.1. The summed E-state index contributed by atoms with van der Waals surface area (Å²) in [5.41, 5.74) is 4.29. The van der Waals surface area contributed by atoms with Crippen LogP contribution in [0.15, 0.2) is 121 Å². The van der Waals surface area contributed by atoms with E-state index >= 15 is 0 Å². The van der Waals surface area contributed by atoms with Crippen molar-refractivity contribution >= 4 is 17.9 Å². The molecule has 6 rings (SSSR count). The largest absolute Gasteiger partial charge is 0.459 e. The summed E-state index contributed by atoms with van der Waals surface area (Å²) in [7, 11) is 1.69. The molecule has 1 heterocycles. The zero-order valence-corrected chi connectivity index (χ0v) is 34.6. The number of allylic oxidation sites excluding steroid dienone is 1. The first kappa shape index (κ1) is 44.1. The lowest BCUT2D eigenvalue weighted by Crippen LogP contribution is -2.69. The highest BCUT2D eigenvalue weighted by Gasteiger charge is 2.65. The Morgan fingerprint density at radius 3 is 2.37 bits per heavy atom. The third-order valence-corrected chi connectivity index (χ3v) is 11.7. The average Bonchev–Trinajstić information content (AvgIpc) is 3.27. The summed E-state index contributed by atoms with van der Waals surface area (Å²) in [6.07, 6.45) is 9.62. The van der Waals surface area contributed by atoms with Crippen molar-refractivity contribution in [2.45, 2.75) is 82.3 Å². The van der Waals surface area contributed by atoms with Crippen molar-refractivity contribution in [3.8, 4) is 11.5 Å². The molecular formula is C48H59N3O9. The molecule has 12 nitrogen and oxygen atoms in total. The molecule has 0 aromatic heterocycles. The van der Waals surface area contributed by atoms with E-state index in [2.05, 4.69) is 24.6 Å². The number of carbonyl (C=O) groups excluding carboxylic acids is 2. The van der Waals surface area contributed by atoms with Crippen LogP contribution in [0.5, 0.6) is 11.5 Å². The van der Waals surface area contributed by atoms with Crippen LogP contribution in [-0.2, 0) is 27.5 Å². The fourth-order valence-electron chi connectivity index (χ4n) is 8.92. The van der Waals surface area contributed by atoms with Crippen molar-refractivity contribution < 1.29 is 43.6 Å². The topological polar surface area (TPSA) is 148 Å². The Bertz CT molecular complexity index is 1950. The molecule has 0 radical (unpaired) electrons. The van der Waals surface area contributed by atoms with E-state index < -0.39 is 29.9 Å². The maximum absolute atomic E-state index is 13.9. The third-order valence-electron chi connectivity index (χ3n) is 11.7. The number of unbranched alkanes of at least 4 members (excludes halogenated alkanes) is 2. The molecule has 6 atom stereocenters. The molecule has 3 aromatic rings. The maximum atomic E-state index is 13.9. The Hall–Kier alpha value is -5.43. The van der Waals surface area contributed by atoms with Crippen LogP contribution in [0.1, 0.15) is 74.0 Å². The van der Waals surface area contributed by atoms with Crippen molar-refractivity contribution in [2.75, 3.05) is 33.5 Å². The molecule has 2 amide bonds. The van der Waals surface area contributed by atoms with Crippen LogP contribution in [0.3, 0.4) is 0 Å². The SMILES string of the molecule is C=CCCOC(=O)N(C)[C@H]1CC(=NOCc2ccccc2)C2=C[C@H](CCCCO)[C@@H](CCCCO)[C@@H]3c4cc(OC(=O)NCc5ccccc5)ccc4O[C@@]1(OCC=C)[C@H]23. The van der Waals surface area contributed by atoms with Gasteiger partial charge in [-0.2, -0.15) is 0 Å². The van der Waals surface area contributed by atoms with Crippen LogP contribution in [0.4, 0.5) is 9.59 Å². The van der Waals surface area contributed by atoms with Gasteiger partial charge in [-0.3, -0.25) is 0 Å². The van der Waals surface area contributed by atoms with Gasteiger partial charge in [-0.15, -0.1) is 13.2 Å². The molecule has 1 fully saturated rings. The van der Waals surface area contributed by atoms with Crippen molar-refractivity contribution in [1.82, 2.24) is 10.2 Å². The molecular weight excluding hydrogens is 763 g/mol. The molecule has 2 aliphatic carbocycles. The zero-order valence-electron chi connectivity index (χ0n) is 34.6. The van der Waals surface area contributed by atoms with Crippen LogP contribution >= 0.6 is 0 Å². The van der Waals surface area contributed by atoms with Gasteiger partial charge in [-0.05, 0) is 78.8 Å². The van der Waals surface area contributed by atoms with Gasteiger partial charge >= 0.3 is 12.2 Å². The van der Waals surface area contributed by atoms with E-state index in [0.29, 0.717) is 43.0 Å². The number of benzene rings is 3. The summed E-state index contributed by atoms with van der Waals surface area (Å²) in [6, 6.07) is 24.1. The summed E-state index contributed by atoms with van der Waals surface area (Å²) < 4.78 is 25.7. The molecule has 3 N–H and O–H groups in total. The van der Waals surface area contributed by atoms with Gasteiger partial charge < -0.3 is 44.2 Å². The number of oxime groups is 1. The number of amides is 2. The number of fused-ring (bicyclic) bond motifs is 2. The number of nitrogens with one attached hydrogen (secondary N) is 1. The Kier molecular flexibility index (Phi) is 16.0. The van der Waals surface area contributed by atoms with Crippen LogP contribution in [-0.4, -0.2) is 78.3 Å². The Labute approximate surface area is 353 Å². The molecule has 0 unspecified atom stereocenters. The van der Waals surface area contributed by atoms with E-state index in [1.54, 1.807) is 36.2 Å². The molecule has 0 bridgehead atoms. The zero-order chi connectivity index (χ0) is 42.3. The van der Waals surface area contributed by atoms with E-state index in [-0.39, 0.29) is 57.2 Å². The van der Waals surface area contributed by atoms with E-state index in [0.717, 1.165) is 47.9 Å². The molecule has 0 spiro atoms. The van der Waals surface area contributed by atoms with Gasteiger partial charge in [0.1, 0.15) is 24.1 Å². The normalized spacial score (nSPS) is 23.2. The minimum Gasteiger partial charge on any atom is -0.459 e. The van der Waals surface area contributed by atoms with Gasteiger partial charge in [-0.1, -0.05) is 96.9 Å². The van der Waals surface area contributed by atoms with Crippen molar-refractivity contribution in [3.63, 3.8) is 0 Å². The first-order valence-corrected chi connectivity index (χ1v) is 21.1. The van der Waals surface area contributed by atoms with Gasteiger partial charge in [0.05, 0.1) is 24.8 Å². The number of carbonyl (C=O) groups is 2. The highest BCUT2D eigenvalue weighted by Crippen LogP contribution is 2.61. The monoisotopic (exact) mass is 821 g/mol. The minimum atomic E-state index is -1.44. The molecule has 0 saturated heterocycles. The Morgan fingerprint density at radius 2 is 1.67 bits per heavy atom. The second-order valence-electron chi connectivity index (χ2n) is 15.6. The number of hydrogen-bond donors (Lipinski definition) is 3. The fraction of sp³-hybridized carbons (Fsp3) is 0.438. The summed E-state index contributed by atoms with van der Waals surface area (Å²) >= 11 is 0. The van der Waals surface area contributed by atoms with Gasteiger partial charge in [-0.25, -0.2) is 9.59 Å². The summed E-state index contributed by atoms with van der Waals surface area (Å²) in [5.74, 6) is -1.34. The van der Waals surface area contributed by atoms with Crippen LogP contribution in [0, 0.1) is 17.8 Å². The molecule has 1 saturated carbocycles. The lowest BCUT2D eigenvalue weighted by Gasteiger charge is -2.59. The lowest BCUT2D eigenvalue weighted by atomic mass is 9.55. The van der Waals surface area contributed by atoms with E-state index in [1.807, 2.05) is 66.7 Å². The summed E-state index contributed by atoms with van der Waals surface area (Å²) in [5, 5.41) is 27.4. The average molecular weight is 822 g/mol. The molecule has 1 aliphatic heterocycles. The molecule has 60 heavy (non-hydrogen) atoms. The first-order chi connectivity index (χ1) is 29.3. The Morgan fingerprint density at radius 1 is 0.950 bits per heavy atom. The maximum Gasteiger partial charge on any atom is 0.412 e. The number of ether oxygens (including phenoxy) is 4.